The number of Topliss-reactive ketones (excluding diaryl/α,β-unsaturated/α-hetero) is 1. The number of carbonyl (C=O) groups is 1. The molecule has 0 aliphatic heterocycles. The summed E-state index contributed by atoms with van der Waals surface area (Å²) in [4.78, 5) is 11.9. The zero-order chi connectivity index (χ0) is 12.1. The fraction of sp³-hybridized carbons (Fsp3) is 0.462. The van der Waals surface area contributed by atoms with E-state index in [1.54, 1.807) is 0 Å². The highest BCUT2D eigenvalue weighted by atomic mass is 32.2. The largest absolute Gasteiger partial charge is 0.396 e. The summed E-state index contributed by atoms with van der Waals surface area (Å²) in [5.41, 5.74) is 4.23. The van der Waals surface area contributed by atoms with Crippen LogP contribution in [-0.2, 0) is 0 Å². The van der Waals surface area contributed by atoms with Gasteiger partial charge in [-0.15, -0.1) is 0 Å². The van der Waals surface area contributed by atoms with Gasteiger partial charge in [-0.3, -0.25) is 4.79 Å². The Morgan fingerprint density at radius 1 is 1.19 bits per heavy atom. The number of carbonyl (C=O) groups excluding carboxylic acids is 1. The van der Waals surface area contributed by atoms with Gasteiger partial charge in [-0.05, 0) is 43.5 Å². The smallest absolute Gasteiger partial charge is 0.172 e. The molecule has 3 heteroatoms. The van der Waals surface area contributed by atoms with Crippen LogP contribution in [0.2, 0.25) is 0 Å². The second-order valence-corrected chi connectivity index (χ2v) is 5.06. The monoisotopic (exact) mass is 238 g/mol. The van der Waals surface area contributed by atoms with E-state index in [2.05, 4.69) is 13.0 Å². The van der Waals surface area contributed by atoms with Crippen LogP contribution in [0.5, 0.6) is 0 Å². The van der Waals surface area contributed by atoms with Crippen LogP contribution < -0.4 is 0 Å². The molecule has 0 radical (unpaired) electrons. The van der Waals surface area contributed by atoms with Gasteiger partial charge in [-0.2, -0.15) is 11.8 Å². The van der Waals surface area contributed by atoms with E-state index in [4.69, 9.17) is 5.11 Å². The Kier molecular flexibility index (Phi) is 5.03. The van der Waals surface area contributed by atoms with E-state index in [0.717, 1.165) is 16.7 Å². The van der Waals surface area contributed by atoms with Gasteiger partial charge in [0.1, 0.15) is 0 Å². The molecule has 1 N–H and O–H groups in total. The summed E-state index contributed by atoms with van der Waals surface area (Å²) in [6.45, 7) is 6.17. The Morgan fingerprint density at radius 2 is 1.81 bits per heavy atom. The number of hydrogen-bond donors (Lipinski definition) is 1. The van der Waals surface area contributed by atoms with Crippen LogP contribution in [0, 0.1) is 20.8 Å². The summed E-state index contributed by atoms with van der Waals surface area (Å²) in [7, 11) is 0. The average Bonchev–Trinajstić information content (AvgIpc) is 2.23. The van der Waals surface area contributed by atoms with E-state index in [1.165, 1.54) is 17.3 Å². The van der Waals surface area contributed by atoms with Crippen molar-refractivity contribution in [3.63, 3.8) is 0 Å². The van der Waals surface area contributed by atoms with E-state index >= 15 is 0 Å². The predicted octanol–water partition coefficient (Wildman–Crippen LogP) is 2.52. The lowest BCUT2D eigenvalue weighted by Crippen LogP contribution is -2.07. The van der Waals surface area contributed by atoms with E-state index < -0.39 is 0 Å². The third-order valence-electron chi connectivity index (χ3n) is 2.61. The van der Waals surface area contributed by atoms with Crippen LogP contribution in [0.3, 0.4) is 0 Å². The zero-order valence-electron chi connectivity index (χ0n) is 10.0. The average molecular weight is 238 g/mol. The third kappa shape index (κ3) is 3.35. The molecule has 0 unspecified atom stereocenters. The standard InChI is InChI=1S/C13H18O2S/c1-9-6-11(3)12(7-10(9)2)13(15)8-16-5-4-14/h6-7,14H,4-5,8H2,1-3H3. The molecule has 0 amide bonds. The molecular weight excluding hydrogens is 220 g/mol. The molecule has 0 aromatic heterocycles. The topological polar surface area (TPSA) is 37.3 Å². The third-order valence-corrected chi connectivity index (χ3v) is 3.55. The number of aryl methyl sites for hydroxylation is 3. The highest BCUT2D eigenvalue weighted by Gasteiger charge is 2.10. The Labute approximate surface area is 101 Å². The van der Waals surface area contributed by atoms with Gasteiger partial charge in [-0.1, -0.05) is 6.07 Å². The van der Waals surface area contributed by atoms with Crippen LogP contribution in [0.1, 0.15) is 27.0 Å². The highest BCUT2D eigenvalue weighted by Crippen LogP contribution is 2.17. The first-order valence-corrected chi connectivity index (χ1v) is 6.51. The van der Waals surface area contributed by atoms with Gasteiger partial charge in [0.2, 0.25) is 0 Å². The first-order chi connectivity index (χ1) is 7.56. The van der Waals surface area contributed by atoms with Gasteiger partial charge in [0, 0.05) is 11.3 Å². The van der Waals surface area contributed by atoms with Crippen molar-refractivity contribution in [1.82, 2.24) is 0 Å². The lowest BCUT2D eigenvalue weighted by Gasteiger charge is -2.08. The summed E-state index contributed by atoms with van der Waals surface area (Å²) < 4.78 is 0. The molecule has 16 heavy (non-hydrogen) atoms. The van der Waals surface area contributed by atoms with Crippen LogP contribution in [0.4, 0.5) is 0 Å². The van der Waals surface area contributed by atoms with Crippen molar-refractivity contribution in [1.29, 1.82) is 0 Å². The zero-order valence-corrected chi connectivity index (χ0v) is 10.9. The Balaban J connectivity index is 2.79. The Hall–Kier alpha value is -0.800. The number of ketones is 1. The van der Waals surface area contributed by atoms with Gasteiger partial charge in [0.25, 0.3) is 0 Å². The maximum atomic E-state index is 11.9. The van der Waals surface area contributed by atoms with Crippen molar-refractivity contribution < 1.29 is 9.90 Å². The molecule has 0 fully saturated rings. The normalized spacial score (nSPS) is 10.5. The lowest BCUT2D eigenvalue weighted by molar-refractivity contribution is 0.102. The minimum absolute atomic E-state index is 0.129. The van der Waals surface area contributed by atoms with Crippen molar-refractivity contribution in [2.24, 2.45) is 0 Å². The van der Waals surface area contributed by atoms with Gasteiger partial charge in [0.15, 0.2) is 5.78 Å². The molecule has 0 bridgehead atoms. The summed E-state index contributed by atoms with van der Waals surface area (Å²) >= 11 is 1.48. The van der Waals surface area contributed by atoms with Crippen molar-refractivity contribution >= 4 is 17.5 Å². The molecule has 0 saturated heterocycles. The quantitative estimate of drug-likeness (QED) is 0.632. The van der Waals surface area contributed by atoms with Crippen molar-refractivity contribution in [2.75, 3.05) is 18.1 Å². The van der Waals surface area contributed by atoms with E-state index in [9.17, 15) is 4.79 Å². The van der Waals surface area contributed by atoms with Crippen LogP contribution in [-0.4, -0.2) is 29.0 Å². The molecule has 1 aromatic carbocycles. The van der Waals surface area contributed by atoms with Gasteiger partial charge < -0.3 is 5.11 Å². The van der Waals surface area contributed by atoms with E-state index in [-0.39, 0.29) is 12.4 Å². The minimum Gasteiger partial charge on any atom is -0.396 e. The molecule has 1 aromatic rings. The molecule has 0 saturated carbocycles. The van der Waals surface area contributed by atoms with Crippen LogP contribution in [0.15, 0.2) is 12.1 Å². The number of aliphatic hydroxyl groups excluding tert-OH is 1. The maximum Gasteiger partial charge on any atom is 0.172 e. The molecule has 0 spiro atoms. The first-order valence-electron chi connectivity index (χ1n) is 5.36. The summed E-state index contributed by atoms with van der Waals surface area (Å²) in [5, 5.41) is 8.65. The van der Waals surface area contributed by atoms with Crippen molar-refractivity contribution in [2.45, 2.75) is 20.8 Å². The molecule has 0 aliphatic rings. The number of aliphatic hydroxyl groups is 1. The summed E-state index contributed by atoms with van der Waals surface area (Å²) in [6.07, 6.45) is 0. The number of thioether (sulfide) groups is 1. The molecule has 88 valence electrons. The fourth-order valence-corrected chi connectivity index (χ4v) is 2.18. The Bertz CT molecular complexity index is 386. The SMILES string of the molecule is Cc1cc(C)c(C(=O)CSCCO)cc1C. The molecule has 0 aliphatic carbocycles. The van der Waals surface area contributed by atoms with Gasteiger partial charge in [-0.25, -0.2) is 0 Å². The van der Waals surface area contributed by atoms with Crippen LogP contribution >= 0.6 is 11.8 Å². The molecule has 2 nitrogen and oxygen atoms in total. The summed E-state index contributed by atoms with van der Waals surface area (Å²) in [6, 6.07) is 4.02. The molecule has 1 rings (SSSR count). The van der Waals surface area contributed by atoms with Crippen molar-refractivity contribution in [3.8, 4) is 0 Å². The lowest BCUT2D eigenvalue weighted by atomic mass is 9.99. The molecule has 0 atom stereocenters. The number of benzene rings is 1. The number of hydrogen-bond acceptors (Lipinski definition) is 3. The first kappa shape index (κ1) is 13.3. The van der Waals surface area contributed by atoms with Crippen LogP contribution in [0.25, 0.3) is 0 Å². The second kappa shape index (κ2) is 6.06. The maximum absolute atomic E-state index is 11.9. The van der Waals surface area contributed by atoms with Gasteiger partial charge in [0.05, 0.1) is 12.4 Å². The highest BCUT2D eigenvalue weighted by molar-refractivity contribution is 8.00. The van der Waals surface area contributed by atoms with E-state index in [1.807, 2.05) is 19.9 Å². The molecule has 0 heterocycles. The van der Waals surface area contributed by atoms with Gasteiger partial charge >= 0.3 is 0 Å². The fourth-order valence-electron chi connectivity index (χ4n) is 1.57. The summed E-state index contributed by atoms with van der Waals surface area (Å²) in [5.74, 6) is 1.22. The Morgan fingerprint density at radius 3 is 2.44 bits per heavy atom. The molecular formula is C13H18O2S. The van der Waals surface area contributed by atoms with Crippen molar-refractivity contribution in [3.05, 3.63) is 34.4 Å². The van der Waals surface area contributed by atoms with E-state index in [0.29, 0.717) is 11.5 Å². The minimum atomic E-state index is 0.129. The number of rotatable bonds is 5. The second-order valence-electron chi connectivity index (χ2n) is 3.95. The predicted molar refractivity (Wildman–Crippen MR) is 69.4 cm³/mol.